The number of aromatic nitrogens is 4. The second kappa shape index (κ2) is 24.9. The van der Waals surface area contributed by atoms with Crippen LogP contribution >= 0.6 is 0 Å². The summed E-state index contributed by atoms with van der Waals surface area (Å²) in [5.41, 5.74) is -1.40. The number of benzene rings is 10. The molecule has 0 amide bonds. The van der Waals surface area contributed by atoms with E-state index < -0.39 is 43.7 Å². The highest BCUT2D eigenvalue weighted by molar-refractivity contribution is 7.88. The van der Waals surface area contributed by atoms with Crippen LogP contribution in [0.2, 0.25) is 0 Å². The molecule has 450 valence electrons. The van der Waals surface area contributed by atoms with E-state index in [-0.39, 0.29) is 17.6 Å². The van der Waals surface area contributed by atoms with Crippen molar-refractivity contribution < 1.29 is 41.1 Å². The summed E-state index contributed by atoms with van der Waals surface area (Å²) >= 11 is 0. The lowest BCUT2D eigenvalue weighted by Gasteiger charge is -2.37. The van der Waals surface area contributed by atoms with Gasteiger partial charge in [-0.25, -0.2) is 9.97 Å². The van der Waals surface area contributed by atoms with Gasteiger partial charge in [0.15, 0.2) is 0 Å². The van der Waals surface area contributed by atoms with Crippen molar-refractivity contribution in [3.8, 4) is 11.5 Å². The van der Waals surface area contributed by atoms with Crippen molar-refractivity contribution in [3.63, 3.8) is 0 Å². The SMILES string of the molecule is CC(C)CC(O)(c1ccc2cc(O)ccc2c1)c1cn(C(c2ccccc2)(c2ccccc2)c2ccccc2)cn1.CC(C)CC(O)(c1ccc2cc(OS(=O)(=O)C(F)(F)F)ccc2c1)c1cn(C(c2ccccc2)(c2ccccc2)c2ccccc2)cn1. The molecule has 0 bridgehead atoms. The summed E-state index contributed by atoms with van der Waals surface area (Å²) in [6.07, 6.45) is 8.29. The number of rotatable bonds is 18. The van der Waals surface area contributed by atoms with Crippen LogP contribution in [0.3, 0.4) is 0 Å². The van der Waals surface area contributed by atoms with E-state index in [1.54, 1.807) is 36.7 Å². The van der Waals surface area contributed by atoms with Gasteiger partial charge in [-0.1, -0.05) is 246 Å². The molecule has 10 aromatic carbocycles. The minimum Gasteiger partial charge on any atom is -0.508 e. The van der Waals surface area contributed by atoms with Gasteiger partial charge in [0.05, 0.1) is 24.0 Å². The van der Waals surface area contributed by atoms with E-state index in [0.717, 1.165) is 55.8 Å². The third-order valence-corrected chi connectivity index (χ3v) is 17.4. The Morgan fingerprint density at radius 1 is 0.416 bits per heavy atom. The second-order valence-electron chi connectivity index (χ2n) is 23.3. The number of aromatic hydroxyl groups is 1. The zero-order valence-corrected chi connectivity index (χ0v) is 50.3. The number of phenols is 1. The molecule has 2 heterocycles. The fraction of sp³-hybridized carbons (Fsp3) is 0.173. The van der Waals surface area contributed by atoms with Gasteiger partial charge in [-0.2, -0.15) is 21.6 Å². The van der Waals surface area contributed by atoms with Gasteiger partial charge in [-0.3, -0.25) is 0 Å². The first-order chi connectivity index (χ1) is 42.7. The van der Waals surface area contributed by atoms with Crippen molar-refractivity contribution in [2.24, 2.45) is 11.8 Å². The van der Waals surface area contributed by atoms with Gasteiger partial charge in [0.2, 0.25) is 0 Å². The molecule has 89 heavy (non-hydrogen) atoms. The lowest BCUT2D eigenvalue weighted by Crippen LogP contribution is -2.37. The molecule has 10 nitrogen and oxygen atoms in total. The summed E-state index contributed by atoms with van der Waals surface area (Å²) in [6.45, 7) is 8.22. The van der Waals surface area contributed by atoms with Gasteiger partial charge in [0.25, 0.3) is 0 Å². The smallest absolute Gasteiger partial charge is 0.508 e. The Morgan fingerprint density at radius 3 is 1.04 bits per heavy atom. The van der Waals surface area contributed by atoms with Crippen molar-refractivity contribution in [3.05, 3.63) is 336 Å². The van der Waals surface area contributed by atoms with E-state index in [2.05, 4.69) is 132 Å². The number of imidazole rings is 2. The summed E-state index contributed by atoms with van der Waals surface area (Å²) in [5.74, 6) is 0.00691. The minimum atomic E-state index is -5.82. The topological polar surface area (TPSA) is 140 Å². The van der Waals surface area contributed by atoms with Gasteiger partial charge < -0.3 is 28.6 Å². The largest absolute Gasteiger partial charge is 0.534 e. The Balaban J connectivity index is 0.000000186. The van der Waals surface area contributed by atoms with Crippen LogP contribution in [0.5, 0.6) is 11.5 Å². The molecule has 2 atom stereocenters. The molecule has 0 saturated heterocycles. The van der Waals surface area contributed by atoms with Gasteiger partial charge in [-0.15, -0.1) is 0 Å². The van der Waals surface area contributed by atoms with Crippen molar-refractivity contribution >= 4 is 31.7 Å². The average Bonchev–Trinajstić information content (AvgIpc) is 2.05. The summed E-state index contributed by atoms with van der Waals surface area (Å²) in [4.78, 5) is 9.76. The van der Waals surface area contributed by atoms with Crippen molar-refractivity contribution in [1.29, 1.82) is 0 Å². The number of fused-ring (bicyclic) bond motifs is 2. The molecule has 0 aliphatic carbocycles. The Morgan fingerprint density at radius 2 is 0.719 bits per heavy atom. The van der Waals surface area contributed by atoms with E-state index in [0.29, 0.717) is 40.6 Å². The fourth-order valence-electron chi connectivity index (χ4n) is 12.5. The average molecular weight is 1210 g/mol. The molecule has 0 aliphatic rings. The molecule has 12 rings (SSSR count). The molecular weight excluding hydrogens is 1140 g/mol. The summed E-state index contributed by atoms with van der Waals surface area (Å²) in [6, 6.07) is 81.7. The predicted molar refractivity (Wildman–Crippen MR) is 344 cm³/mol. The van der Waals surface area contributed by atoms with Crippen LogP contribution in [0.25, 0.3) is 21.5 Å². The van der Waals surface area contributed by atoms with Crippen molar-refractivity contribution in [2.75, 3.05) is 0 Å². The monoisotopic (exact) mass is 1210 g/mol. The normalized spacial score (nSPS) is 13.6. The zero-order valence-electron chi connectivity index (χ0n) is 49.5. The van der Waals surface area contributed by atoms with Gasteiger partial charge in [0, 0.05) is 12.4 Å². The van der Waals surface area contributed by atoms with E-state index in [9.17, 15) is 36.9 Å². The van der Waals surface area contributed by atoms with Crippen LogP contribution in [-0.4, -0.2) is 48.3 Å². The first kappa shape index (κ1) is 61.1. The molecule has 0 saturated carbocycles. The Kier molecular flexibility index (Phi) is 17.1. The highest BCUT2D eigenvalue weighted by atomic mass is 32.2. The van der Waals surface area contributed by atoms with Gasteiger partial charge >= 0.3 is 15.6 Å². The number of phenolic OH excluding ortho intramolecular Hbond substituents is 1. The molecule has 14 heteroatoms. The Hall–Kier alpha value is -9.60. The van der Waals surface area contributed by atoms with Gasteiger partial charge in [-0.05, 0) is 127 Å². The molecule has 0 fully saturated rings. The number of nitrogens with zero attached hydrogens (tertiary/aromatic N) is 4. The lowest BCUT2D eigenvalue weighted by molar-refractivity contribution is -0.0500. The zero-order chi connectivity index (χ0) is 62.6. The molecule has 0 aliphatic heterocycles. The first-order valence-electron chi connectivity index (χ1n) is 29.4. The molecule has 0 radical (unpaired) electrons. The van der Waals surface area contributed by atoms with Crippen LogP contribution in [0.1, 0.15) is 96.4 Å². The molecule has 3 N–H and O–H groups in total. The van der Waals surface area contributed by atoms with E-state index in [1.807, 2.05) is 134 Å². The number of aliphatic hydroxyl groups is 2. The number of alkyl halides is 3. The van der Waals surface area contributed by atoms with Crippen molar-refractivity contribution in [1.82, 2.24) is 19.1 Å². The third-order valence-electron chi connectivity index (χ3n) is 16.4. The third kappa shape index (κ3) is 11.9. The summed E-state index contributed by atoms with van der Waals surface area (Å²) in [7, 11) is -5.82. The van der Waals surface area contributed by atoms with E-state index >= 15 is 0 Å². The van der Waals surface area contributed by atoms with Crippen LogP contribution in [-0.2, 0) is 32.4 Å². The molecule has 12 aromatic rings. The standard InChI is InChI=1S/C38H33F3N2O4S.C37H34N2O2/c1-27(2)24-36(44,33-20-18-29-23-34(21-19-28(29)22-33)47-48(45,46)38(39,40)41)35-25-43(26-42-35)37(30-12-6-3-7-13-30,31-14-8-4-9-15-31)32-16-10-5-11-17-32;1-27(2)24-36(41,33-20-18-29-23-34(40)21-19-28(29)22-33)35-25-39(26-38-35)37(30-12-6-3-7-13-30,31-14-8-4-9-15-31)32-16-10-5-11-17-32/h3-23,25-27,44H,24H2,1-2H3;3-23,25-27,40-41H,24H2,1-2H3. The lowest BCUT2D eigenvalue weighted by atomic mass is 9.76. The fourth-order valence-corrected chi connectivity index (χ4v) is 13.0. The highest BCUT2D eigenvalue weighted by Gasteiger charge is 2.49. The predicted octanol–water partition coefficient (Wildman–Crippen LogP) is 16.3. The summed E-state index contributed by atoms with van der Waals surface area (Å²) < 4.78 is 70.3. The Bertz CT molecular complexity index is 4280. The first-order valence-corrected chi connectivity index (χ1v) is 30.8. The van der Waals surface area contributed by atoms with Crippen LogP contribution < -0.4 is 4.18 Å². The molecular formula is C75H67F3N4O6S. The second-order valence-corrected chi connectivity index (χ2v) is 24.9. The van der Waals surface area contributed by atoms with Crippen molar-refractivity contribution in [2.45, 2.75) is 68.3 Å². The summed E-state index contributed by atoms with van der Waals surface area (Å²) in [5, 5.41) is 37.9. The Labute approximate surface area is 516 Å². The van der Waals surface area contributed by atoms with E-state index in [4.69, 9.17) is 9.97 Å². The molecule has 2 aromatic heterocycles. The number of halogens is 3. The van der Waals surface area contributed by atoms with Crippen LogP contribution in [0.4, 0.5) is 13.2 Å². The highest BCUT2D eigenvalue weighted by Crippen LogP contribution is 2.46. The van der Waals surface area contributed by atoms with E-state index in [1.165, 1.54) is 12.1 Å². The minimum absolute atomic E-state index is 0.0429. The van der Waals surface area contributed by atoms with Crippen LogP contribution in [0, 0.1) is 11.8 Å². The maximum absolute atomic E-state index is 12.9. The van der Waals surface area contributed by atoms with Gasteiger partial charge in [0.1, 0.15) is 33.8 Å². The quantitative estimate of drug-likeness (QED) is 0.0438. The molecule has 0 spiro atoms. The number of hydrogen-bond donors (Lipinski definition) is 3. The number of hydrogen-bond acceptors (Lipinski definition) is 8. The maximum Gasteiger partial charge on any atom is 0.534 e. The van der Waals surface area contributed by atoms with Crippen LogP contribution in [0.15, 0.2) is 280 Å². The molecule has 2 unspecified atom stereocenters. The maximum atomic E-state index is 12.9.